The Bertz CT molecular complexity index is 331. The zero-order valence-corrected chi connectivity index (χ0v) is 10.2. The van der Waals surface area contributed by atoms with Crippen LogP contribution in [0.15, 0.2) is 0 Å². The van der Waals surface area contributed by atoms with Gasteiger partial charge in [-0.1, -0.05) is 0 Å². The molecule has 0 rings (SSSR count). The van der Waals surface area contributed by atoms with Gasteiger partial charge in [-0.15, -0.1) is 0 Å². The lowest BCUT2D eigenvalue weighted by Gasteiger charge is -2.14. The van der Waals surface area contributed by atoms with Crippen LogP contribution in [0, 0.1) is 0 Å². The normalized spacial score (nSPS) is 12.2. The van der Waals surface area contributed by atoms with Gasteiger partial charge in [0.05, 0.1) is 5.97 Å². The summed E-state index contributed by atoms with van der Waals surface area (Å²) in [6.45, 7) is 5.67. The molecule has 1 N–H and O–H groups in total. The molecule has 0 aliphatic heterocycles. The monoisotopic (exact) mass is 270 g/mol. The Morgan fingerprint density at radius 2 is 1.65 bits per heavy atom. The fourth-order valence-electron chi connectivity index (χ4n) is 0.666. The molecule has 0 saturated heterocycles. The van der Waals surface area contributed by atoms with E-state index in [-0.39, 0.29) is 0 Å². The Balaban J connectivity index is 0. The van der Waals surface area contributed by atoms with E-state index in [0.29, 0.717) is 0 Å². The van der Waals surface area contributed by atoms with Gasteiger partial charge in [0.2, 0.25) is 0 Å². The van der Waals surface area contributed by atoms with Crippen LogP contribution < -0.4 is 10.2 Å². The van der Waals surface area contributed by atoms with Crippen molar-refractivity contribution >= 4 is 22.1 Å². The molecule has 0 aliphatic carbocycles. The van der Waals surface area contributed by atoms with Crippen LogP contribution in [0.2, 0.25) is 0 Å². The smallest absolute Gasteiger partial charge is 0.273 e. The van der Waals surface area contributed by atoms with Gasteiger partial charge in [-0.3, -0.25) is 4.55 Å². The summed E-state index contributed by atoms with van der Waals surface area (Å²) in [5, 5.41) is 17.3. The zero-order chi connectivity index (χ0) is 14.1. The molecule has 8 nitrogen and oxygen atoms in total. The Morgan fingerprint density at radius 1 is 1.24 bits per heavy atom. The van der Waals surface area contributed by atoms with E-state index in [1.54, 1.807) is 0 Å². The first kappa shape index (κ1) is 18.2. The van der Waals surface area contributed by atoms with E-state index in [0.717, 1.165) is 13.2 Å². The molecule has 0 amide bonds. The second kappa shape index (κ2) is 8.90. The molecule has 0 spiro atoms. The van der Waals surface area contributed by atoms with Gasteiger partial charge < -0.3 is 24.5 Å². The molecule has 0 aromatic rings. The minimum absolute atomic E-state index is 0.844. The van der Waals surface area contributed by atoms with Crippen LogP contribution >= 0.6 is 0 Å². The molecule has 0 bridgehead atoms. The first-order valence-corrected chi connectivity index (χ1v) is 6.11. The van der Waals surface area contributed by atoms with Gasteiger partial charge in [0.15, 0.2) is 0 Å². The standard InChI is InChI=1S/C4H6O7S.C4H10O/c5-3(6)1-2(4(7)8)12(9,10)11;1-3-5-4-2/h2H,1H2,(H,5,6)(H,7,8)(H,9,10,11);3-4H2,1-2H3/p-2. The lowest BCUT2D eigenvalue weighted by Crippen LogP contribution is -2.44. The highest BCUT2D eigenvalue weighted by atomic mass is 32.2. The zero-order valence-electron chi connectivity index (χ0n) is 9.41. The van der Waals surface area contributed by atoms with Crippen LogP contribution in [0.3, 0.4) is 0 Å². The highest BCUT2D eigenvalue weighted by molar-refractivity contribution is 7.87. The van der Waals surface area contributed by atoms with Crippen LogP contribution in [0.4, 0.5) is 0 Å². The van der Waals surface area contributed by atoms with Crippen LogP contribution in [0.25, 0.3) is 0 Å². The highest BCUT2D eigenvalue weighted by Gasteiger charge is 2.24. The summed E-state index contributed by atoms with van der Waals surface area (Å²) in [6.07, 6.45) is -1.33. The molecule has 0 radical (unpaired) electrons. The van der Waals surface area contributed by atoms with Crippen LogP contribution in [-0.2, 0) is 24.4 Å². The van der Waals surface area contributed by atoms with Gasteiger partial charge in [-0.25, -0.2) is 0 Å². The Kier molecular flexibility index (Phi) is 9.52. The quantitative estimate of drug-likeness (QED) is 0.509. The molecule has 0 heterocycles. The van der Waals surface area contributed by atoms with Gasteiger partial charge in [-0.2, -0.15) is 8.42 Å². The van der Waals surface area contributed by atoms with Gasteiger partial charge in [0.25, 0.3) is 10.1 Å². The number of hydrogen-bond donors (Lipinski definition) is 1. The molecular formula is C8H14O8S-2. The van der Waals surface area contributed by atoms with E-state index in [2.05, 4.69) is 0 Å². The van der Waals surface area contributed by atoms with Crippen molar-refractivity contribution in [1.29, 1.82) is 0 Å². The third-order valence-corrected chi connectivity index (χ3v) is 2.46. The maximum atomic E-state index is 10.2. The van der Waals surface area contributed by atoms with Crippen molar-refractivity contribution in [2.45, 2.75) is 25.5 Å². The van der Waals surface area contributed by atoms with Gasteiger partial charge in [-0.05, 0) is 13.8 Å². The average molecular weight is 270 g/mol. The largest absolute Gasteiger partial charge is 0.550 e. The molecule has 0 aliphatic rings. The Hall–Kier alpha value is -1.19. The molecule has 9 heteroatoms. The predicted molar refractivity (Wildman–Crippen MR) is 52.1 cm³/mol. The molecule has 0 aromatic heterocycles. The Labute approximate surface area is 99.0 Å². The summed E-state index contributed by atoms with van der Waals surface area (Å²) in [5.74, 6) is -4.08. The SMILES string of the molecule is CCOCC.O=C([O-])CC(C(=O)[O-])S(=O)(=O)O. The number of carbonyl (C=O) groups excluding carboxylic acids is 2. The number of carboxylic acid groups (broad SMARTS) is 2. The molecule has 17 heavy (non-hydrogen) atoms. The van der Waals surface area contributed by atoms with Gasteiger partial charge in [0.1, 0.15) is 5.25 Å². The van der Waals surface area contributed by atoms with E-state index in [1.165, 1.54) is 0 Å². The maximum Gasteiger partial charge on any atom is 0.273 e. The highest BCUT2D eigenvalue weighted by Crippen LogP contribution is 2.01. The number of aliphatic carboxylic acids is 2. The maximum absolute atomic E-state index is 10.2. The summed E-state index contributed by atoms with van der Waals surface area (Å²) in [4.78, 5) is 19.7. The van der Waals surface area contributed by atoms with Crippen molar-refractivity contribution < 1.29 is 37.5 Å². The fourth-order valence-corrected chi connectivity index (χ4v) is 1.26. The van der Waals surface area contributed by atoms with Gasteiger partial charge >= 0.3 is 0 Å². The molecule has 1 unspecified atom stereocenters. The summed E-state index contributed by atoms with van der Waals surface area (Å²) < 4.78 is 33.3. The molecule has 0 saturated carbocycles. The molecule has 102 valence electrons. The van der Waals surface area contributed by atoms with E-state index < -0.39 is 33.7 Å². The lowest BCUT2D eigenvalue weighted by molar-refractivity contribution is -0.314. The minimum Gasteiger partial charge on any atom is -0.550 e. The van der Waals surface area contributed by atoms with Crippen LogP contribution in [-0.4, -0.2) is 43.4 Å². The number of carbonyl (C=O) groups is 2. The number of hydrogen-bond acceptors (Lipinski definition) is 7. The molecule has 0 aromatic carbocycles. The van der Waals surface area contributed by atoms with E-state index in [9.17, 15) is 28.2 Å². The number of ether oxygens (including phenoxy) is 1. The average Bonchev–Trinajstić information content (AvgIpc) is 2.14. The first-order chi connectivity index (χ1) is 7.66. The van der Waals surface area contributed by atoms with E-state index in [1.807, 2.05) is 13.8 Å². The predicted octanol–water partition coefficient (Wildman–Crippen LogP) is -2.82. The van der Waals surface area contributed by atoms with Gasteiger partial charge in [0, 0.05) is 25.6 Å². The summed E-state index contributed by atoms with van der Waals surface area (Å²) in [7, 11) is -4.94. The molecule has 1 atom stereocenters. The summed E-state index contributed by atoms with van der Waals surface area (Å²) in [5.41, 5.74) is 0. The number of carboxylic acids is 2. The van der Waals surface area contributed by atoms with E-state index >= 15 is 0 Å². The third-order valence-electron chi connectivity index (χ3n) is 1.38. The van der Waals surface area contributed by atoms with Crippen molar-refractivity contribution in [3.05, 3.63) is 0 Å². The lowest BCUT2D eigenvalue weighted by atomic mass is 10.3. The van der Waals surface area contributed by atoms with Crippen molar-refractivity contribution in [1.82, 2.24) is 0 Å². The first-order valence-electron chi connectivity index (χ1n) is 4.61. The third kappa shape index (κ3) is 11.1. The molecular weight excluding hydrogens is 256 g/mol. The summed E-state index contributed by atoms with van der Waals surface area (Å²) >= 11 is 0. The van der Waals surface area contributed by atoms with Crippen molar-refractivity contribution in [3.63, 3.8) is 0 Å². The fraction of sp³-hybridized carbons (Fsp3) is 0.750. The topological polar surface area (TPSA) is 144 Å². The number of rotatable bonds is 6. The second-order valence-corrected chi connectivity index (χ2v) is 4.28. The van der Waals surface area contributed by atoms with Crippen molar-refractivity contribution in [2.75, 3.05) is 13.2 Å². The second-order valence-electron chi connectivity index (χ2n) is 2.68. The van der Waals surface area contributed by atoms with Crippen molar-refractivity contribution in [3.8, 4) is 0 Å². The van der Waals surface area contributed by atoms with E-state index in [4.69, 9.17) is 9.29 Å². The van der Waals surface area contributed by atoms with Crippen LogP contribution in [0.1, 0.15) is 20.3 Å². The summed E-state index contributed by atoms with van der Waals surface area (Å²) in [6, 6.07) is 0. The van der Waals surface area contributed by atoms with Crippen molar-refractivity contribution in [2.24, 2.45) is 0 Å². The minimum atomic E-state index is -4.94. The van der Waals surface area contributed by atoms with Crippen LogP contribution in [0.5, 0.6) is 0 Å². The Morgan fingerprint density at radius 3 is 1.71 bits per heavy atom. The molecule has 0 fully saturated rings.